The number of anilines is 1. The highest BCUT2D eigenvalue weighted by atomic mass is 35.5. The Hall–Kier alpha value is -2.93. The first kappa shape index (κ1) is 37.9. The van der Waals surface area contributed by atoms with Crippen molar-refractivity contribution in [1.29, 1.82) is 0 Å². The fraction of sp³-hybridized carbons (Fsp3) is 0.618. The van der Waals surface area contributed by atoms with Crippen LogP contribution in [0.4, 0.5) is 15.4 Å². The number of nitrogens with one attached hydrogen (secondary N) is 1. The third-order valence-corrected chi connectivity index (χ3v) is 14.0. The van der Waals surface area contributed by atoms with Crippen LogP contribution in [-0.4, -0.2) is 70.1 Å². The maximum Gasteiger partial charge on any atom is 0.437 e. The smallest absolute Gasteiger partial charge is 0.437 e. The van der Waals surface area contributed by atoms with Crippen LogP contribution >= 0.6 is 23.2 Å². The van der Waals surface area contributed by atoms with Crippen molar-refractivity contribution in [2.75, 3.05) is 18.0 Å². The number of hydrogen-bond acceptors (Lipinski definition) is 9. The number of carbonyl (C=O) groups is 2. The zero-order valence-corrected chi connectivity index (χ0v) is 32.8. The molecule has 1 aliphatic rings. The first-order valence-electron chi connectivity index (χ1n) is 16.3. The molecule has 1 fully saturated rings. The SMILES string of the molecule is CC1(NC(=O)OC(C)(C)C)CCN(c2nc3c(nc2CO[Si](C)(C)C(C)(C)C)c(-c2cccc(Cl)c2Cl)nn3C(=O)OC(C)(C)C)CC1. The summed E-state index contributed by atoms with van der Waals surface area (Å²) < 4.78 is 19.1. The van der Waals surface area contributed by atoms with Crippen molar-refractivity contribution in [3.05, 3.63) is 33.9 Å². The van der Waals surface area contributed by atoms with Crippen molar-refractivity contribution in [1.82, 2.24) is 25.1 Å². The number of piperidine rings is 1. The lowest BCUT2D eigenvalue weighted by Crippen LogP contribution is -2.54. The minimum Gasteiger partial charge on any atom is -0.444 e. The van der Waals surface area contributed by atoms with Gasteiger partial charge in [-0.3, -0.25) is 0 Å². The zero-order valence-electron chi connectivity index (χ0n) is 30.3. The number of alkyl carbamates (subject to hydrolysis) is 1. The van der Waals surface area contributed by atoms with E-state index in [0.29, 0.717) is 59.2 Å². The molecule has 0 bridgehead atoms. The van der Waals surface area contributed by atoms with Gasteiger partial charge in [-0.25, -0.2) is 19.6 Å². The lowest BCUT2D eigenvalue weighted by molar-refractivity contribution is 0.0446. The zero-order chi connectivity index (χ0) is 36.0. The van der Waals surface area contributed by atoms with Crippen molar-refractivity contribution in [2.45, 2.75) is 124 Å². The summed E-state index contributed by atoms with van der Waals surface area (Å²) in [5.74, 6) is 0.578. The van der Waals surface area contributed by atoms with Gasteiger partial charge >= 0.3 is 12.2 Å². The monoisotopic (exact) mass is 720 g/mol. The Kier molecular flexibility index (Phi) is 10.6. The van der Waals surface area contributed by atoms with Crippen molar-refractivity contribution < 1.29 is 23.5 Å². The number of benzene rings is 1. The molecule has 0 unspecified atom stereocenters. The molecule has 1 aromatic carbocycles. The van der Waals surface area contributed by atoms with Crippen LogP contribution in [0.1, 0.15) is 87.8 Å². The Morgan fingerprint density at radius 2 is 1.56 bits per heavy atom. The maximum atomic E-state index is 13.6. The molecular weight excluding hydrogens is 671 g/mol. The lowest BCUT2D eigenvalue weighted by Gasteiger charge is -2.41. The van der Waals surface area contributed by atoms with Crippen LogP contribution < -0.4 is 10.2 Å². The molecule has 0 radical (unpaired) electrons. The number of ether oxygens (including phenoxy) is 2. The van der Waals surface area contributed by atoms with Crippen LogP contribution in [0.2, 0.25) is 28.2 Å². The Labute approximate surface area is 295 Å². The molecule has 11 nitrogen and oxygen atoms in total. The van der Waals surface area contributed by atoms with Gasteiger partial charge in [0.25, 0.3) is 0 Å². The molecule has 0 saturated carbocycles. The molecule has 1 saturated heterocycles. The summed E-state index contributed by atoms with van der Waals surface area (Å²) in [5.41, 5.74) is 0.200. The second-order valence-electron chi connectivity index (χ2n) is 16.2. The van der Waals surface area contributed by atoms with Crippen molar-refractivity contribution in [2.24, 2.45) is 0 Å². The third-order valence-electron chi connectivity index (χ3n) is 8.67. The van der Waals surface area contributed by atoms with Crippen LogP contribution in [-0.2, 0) is 20.5 Å². The van der Waals surface area contributed by atoms with Crippen LogP contribution in [0.15, 0.2) is 18.2 Å². The van der Waals surface area contributed by atoms with E-state index in [4.69, 9.17) is 47.1 Å². The number of amides is 1. The van der Waals surface area contributed by atoms with E-state index in [9.17, 15) is 9.59 Å². The molecule has 1 amide bonds. The van der Waals surface area contributed by atoms with E-state index in [-0.39, 0.29) is 22.3 Å². The van der Waals surface area contributed by atoms with Gasteiger partial charge < -0.3 is 24.1 Å². The predicted octanol–water partition coefficient (Wildman–Crippen LogP) is 8.99. The van der Waals surface area contributed by atoms with Gasteiger partial charge in [-0.15, -0.1) is 4.68 Å². The highest BCUT2D eigenvalue weighted by molar-refractivity contribution is 6.74. The van der Waals surface area contributed by atoms with Gasteiger partial charge in [0, 0.05) is 24.2 Å². The van der Waals surface area contributed by atoms with Gasteiger partial charge in [0.05, 0.1) is 16.7 Å². The summed E-state index contributed by atoms with van der Waals surface area (Å²) in [5, 5.41) is 8.33. The number of carbonyl (C=O) groups excluding carboxylic acids is 2. The number of hydrogen-bond donors (Lipinski definition) is 1. The van der Waals surface area contributed by atoms with Crippen molar-refractivity contribution in [3.8, 4) is 11.3 Å². The lowest BCUT2D eigenvalue weighted by atomic mass is 9.89. The van der Waals surface area contributed by atoms with E-state index in [1.165, 1.54) is 0 Å². The molecule has 3 aromatic rings. The fourth-order valence-corrected chi connectivity index (χ4v) is 6.28. The Bertz CT molecular complexity index is 1680. The molecule has 14 heteroatoms. The second kappa shape index (κ2) is 13.4. The second-order valence-corrected chi connectivity index (χ2v) is 21.8. The quantitative estimate of drug-likeness (QED) is 0.249. The summed E-state index contributed by atoms with van der Waals surface area (Å²) in [7, 11) is -2.20. The number of halogens is 2. The van der Waals surface area contributed by atoms with Crippen LogP contribution in [0.5, 0.6) is 0 Å². The number of aromatic nitrogens is 4. The molecule has 0 spiro atoms. The third kappa shape index (κ3) is 8.80. The molecule has 0 atom stereocenters. The number of nitrogens with zero attached hydrogens (tertiary/aromatic N) is 5. The molecule has 3 heterocycles. The van der Waals surface area contributed by atoms with Crippen LogP contribution in [0.3, 0.4) is 0 Å². The van der Waals surface area contributed by atoms with Crippen LogP contribution in [0, 0.1) is 0 Å². The largest absolute Gasteiger partial charge is 0.444 e. The van der Waals surface area contributed by atoms with E-state index in [1.807, 2.05) is 27.7 Å². The van der Waals surface area contributed by atoms with Gasteiger partial charge in [-0.05, 0) is 85.5 Å². The van der Waals surface area contributed by atoms with Gasteiger partial charge in [0.2, 0.25) is 0 Å². The fourth-order valence-electron chi connectivity index (χ4n) is 4.96. The van der Waals surface area contributed by atoms with Crippen LogP contribution in [0.25, 0.3) is 22.4 Å². The first-order valence-corrected chi connectivity index (χ1v) is 19.9. The Morgan fingerprint density at radius 1 is 0.958 bits per heavy atom. The average molecular weight is 722 g/mol. The standard InChI is InChI=1S/C34H50Cl2N6O5Si/c1-31(2,3)46-29(43)39-34(10)16-18-41(19-17-34)27-23(20-45-48(11,12)33(7,8)9)37-26-25(21-14-13-15-22(35)24(21)36)40-42(28(26)38-27)30(44)47-32(4,5)6/h13-15H,16-20H2,1-12H3,(H,39,43). The Balaban J connectivity index is 1.84. The topological polar surface area (TPSA) is 121 Å². The molecule has 48 heavy (non-hydrogen) atoms. The first-order chi connectivity index (χ1) is 21.9. The minimum absolute atomic E-state index is 0.0357. The van der Waals surface area contributed by atoms with Gasteiger partial charge in [0.15, 0.2) is 19.8 Å². The van der Waals surface area contributed by atoms with Crippen molar-refractivity contribution >= 4 is 60.7 Å². The van der Waals surface area contributed by atoms with E-state index in [2.05, 4.69) is 49.2 Å². The summed E-state index contributed by atoms with van der Waals surface area (Å²) in [6, 6.07) is 5.23. The minimum atomic E-state index is -2.20. The molecule has 0 aliphatic carbocycles. The molecular formula is C34H50Cl2N6O5Si. The van der Waals surface area contributed by atoms with Gasteiger partial charge in [0.1, 0.15) is 28.1 Å². The predicted molar refractivity (Wildman–Crippen MR) is 194 cm³/mol. The summed E-state index contributed by atoms with van der Waals surface area (Å²) in [6.07, 6.45) is 0.110. The molecule has 1 N–H and O–H groups in total. The van der Waals surface area contributed by atoms with E-state index < -0.39 is 37.2 Å². The van der Waals surface area contributed by atoms with Gasteiger partial charge in [-0.1, -0.05) is 56.1 Å². The highest BCUT2D eigenvalue weighted by Gasteiger charge is 2.39. The molecule has 1 aliphatic heterocycles. The summed E-state index contributed by atoms with van der Waals surface area (Å²) >= 11 is 13.1. The van der Waals surface area contributed by atoms with Gasteiger partial charge in [-0.2, -0.15) is 5.10 Å². The Morgan fingerprint density at radius 3 is 2.12 bits per heavy atom. The van der Waals surface area contributed by atoms with E-state index >= 15 is 0 Å². The van der Waals surface area contributed by atoms with E-state index in [1.54, 1.807) is 39.0 Å². The molecule has 4 rings (SSSR count). The molecule has 2 aromatic heterocycles. The number of fused-ring (bicyclic) bond motifs is 1. The molecule has 264 valence electrons. The summed E-state index contributed by atoms with van der Waals surface area (Å²) in [4.78, 5) is 38.5. The van der Waals surface area contributed by atoms with E-state index in [0.717, 1.165) is 4.68 Å². The summed E-state index contributed by atoms with van der Waals surface area (Å²) in [6.45, 7) is 25.2. The number of rotatable bonds is 6. The van der Waals surface area contributed by atoms with Crippen molar-refractivity contribution in [3.63, 3.8) is 0 Å². The average Bonchev–Trinajstić information content (AvgIpc) is 3.29. The maximum absolute atomic E-state index is 13.6. The highest BCUT2D eigenvalue weighted by Crippen LogP contribution is 2.40. The normalized spacial score (nSPS) is 15.8.